The maximum atomic E-state index is 12.6. The zero-order chi connectivity index (χ0) is 15.2. The number of nitriles is 1. The molecular weight excluding hydrogens is 290 g/mol. The van der Waals surface area contributed by atoms with E-state index < -0.39 is 0 Å². The van der Waals surface area contributed by atoms with E-state index in [0.717, 1.165) is 5.39 Å². The summed E-state index contributed by atoms with van der Waals surface area (Å²) in [5.41, 5.74) is 6.45. The molecule has 2 rings (SSSR count). The van der Waals surface area contributed by atoms with Crippen molar-refractivity contribution in [1.82, 2.24) is 15.1 Å². The van der Waals surface area contributed by atoms with Crippen molar-refractivity contribution in [3.05, 3.63) is 17.1 Å². The number of nitrogens with zero attached hydrogens (tertiary/aromatic N) is 4. The van der Waals surface area contributed by atoms with E-state index >= 15 is 0 Å². The number of rotatable bonds is 6. The van der Waals surface area contributed by atoms with E-state index in [4.69, 9.17) is 15.7 Å². The van der Waals surface area contributed by atoms with Gasteiger partial charge in [0.15, 0.2) is 0 Å². The molecule has 2 aromatic heterocycles. The average molecular weight is 305 g/mol. The maximum Gasteiger partial charge on any atom is 0.266 e. The summed E-state index contributed by atoms with van der Waals surface area (Å²) in [7, 11) is 1.57. The largest absolute Gasteiger partial charge is 0.397 e. The first kappa shape index (κ1) is 15.2. The Balaban J connectivity index is 2.29. The molecule has 21 heavy (non-hydrogen) atoms. The molecule has 0 aliphatic carbocycles. The normalized spacial score (nSPS) is 10.5. The summed E-state index contributed by atoms with van der Waals surface area (Å²) in [5.74, 6) is -0.206. The Hall–Kier alpha value is -2.24. The van der Waals surface area contributed by atoms with Crippen molar-refractivity contribution in [3.8, 4) is 6.07 Å². The number of nitrogen functional groups attached to an aromatic ring is 1. The van der Waals surface area contributed by atoms with Crippen molar-refractivity contribution < 1.29 is 9.53 Å². The lowest BCUT2D eigenvalue weighted by Gasteiger charge is -2.20. The summed E-state index contributed by atoms with van der Waals surface area (Å²) in [6.07, 6.45) is 1.80. The van der Waals surface area contributed by atoms with Gasteiger partial charge in [-0.25, -0.2) is 0 Å². The third-order valence-electron chi connectivity index (χ3n) is 2.96. The van der Waals surface area contributed by atoms with E-state index in [9.17, 15) is 4.79 Å². The fourth-order valence-corrected chi connectivity index (χ4v) is 2.88. The monoisotopic (exact) mass is 305 g/mol. The summed E-state index contributed by atoms with van der Waals surface area (Å²) in [6.45, 7) is 1.16. The highest BCUT2D eigenvalue weighted by Gasteiger charge is 2.22. The summed E-state index contributed by atoms with van der Waals surface area (Å²) < 4.78 is 5.00. The van der Waals surface area contributed by atoms with Crippen molar-refractivity contribution in [2.45, 2.75) is 6.42 Å². The fraction of sp³-hybridized carbons (Fsp3) is 0.385. The molecule has 0 bridgehead atoms. The molecule has 1 amide bonds. The molecule has 0 unspecified atom stereocenters. The summed E-state index contributed by atoms with van der Waals surface area (Å²) in [5, 5.41) is 17.2. The molecule has 8 heteroatoms. The van der Waals surface area contributed by atoms with Crippen molar-refractivity contribution >= 4 is 33.1 Å². The van der Waals surface area contributed by atoms with Crippen molar-refractivity contribution in [2.75, 3.05) is 32.5 Å². The van der Waals surface area contributed by atoms with Gasteiger partial charge in [0.25, 0.3) is 5.91 Å². The van der Waals surface area contributed by atoms with E-state index in [-0.39, 0.29) is 12.3 Å². The Morgan fingerprint density at radius 1 is 1.57 bits per heavy atom. The number of aromatic nitrogens is 2. The van der Waals surface area contributed by atoms with Crippen molar-refractivity contribution in [3.63, 3.8) is 0 Å². The van der Waals surface area contributed by atoms with Crippen LogP contribution < -0.4 is 5.73 Å². The van der Waals surface area contributed by atoms with Gasteiger partial charge in [0, 0.05) is 25.6 Å². The fourth-order valence-electron chi connectivity index (χ4n) is 1.88. The molecule has 2 N–H and O–H groups in total. The third-order valence-corrected chi connectivity index (χ3v) is 4.05. The number of fused-ring (bicyclic) bond motifs is 1. The number of methoxy groups -OCH3 is 1. The highest BCUT2D eigenvalue weighted by Crippen LogP contribution is 2.32. The highest BCUT2D eigenvalue weighted by molar-refractivity contribution is 7.21. The highest BCUT2D eigenvalue weighted by atomic mass is 32.1. The molecule has 0 spiro atoms. The summed E-state index contributed by atoms with van der Waals surface area (Å²) >= 11 is 1.21. The number of hydrogen-bond donors (Lipinski definition) is 1. The van der Waals surface area contributed by atoms with Gasteiger partial charge < -0.3 is 15.4 Å². The molecule has 0 atom stereocenters. The molecule has 0 aromatic carbocycles. The van der Waals surface area contributed by atoms with E-state index in [0.29, 0.717) is 35.1 Å². The third kappa shape index (κ3) is 3.26. The number of anilines is 1. The van der Waals surface area contributed by atoms with Crippen molar-refractivity contribution in [2.24, 2.45) is 0 Å². The molecule has 110 valence electrons. The first-order chi connectivity index (χ1) is 10.2. The molecule has 0 radical (unpaired) electrons. The number of thiophene rings is 1. The van der Waals surface area contributed by atoms with Crippen LogP contribution in [0.1, 0.15) is 16.1 Å². The number of carbonyl (C=O) groups excluding carboxylic acids is 1. The minimum atomic E-state index is -0.206. The Bertz CT molecular complexity index is 679. The first-order valence-corrected chi connectivity index (χ1v) is 7.15. The van der Waals surface area contributed by atoms with Crippen LogP contribution >= 0.6 is 11.3 Å². The predicted molar refractivity (Wildman–Crippen MR) is 79.8 cm³/mol. The SMILES string of the molecule is COCCN(CCC#N)C(=O)c1sc2nnccc2c1N. The minimum Gasteiger partial charge on any atom is -0.397 e. The van der Waals surface area contributed by atoms with Crippen LogP contribution in [-0.4, -0.2) is 47.8 Å². The van der Waals surface area contributed by atoms with Crippen LogP contribution in [0.5, 0.6) is 0 Å². The van der Waals surface area contributed by atoms with Crippen LogP contribution in [0.4, 0.5) is 5.69 Å². The molecule has 0 saturated heterocycles. The Morgan fingerprint density at radius 2 is 2.38 bits per heavy atom. The van der Waals surface area contributed by atoms with E-state index in [1.165, 1.54) is 17.5 Å². The molecule has 0 saturated carbocycles. The number of hydrogen-bond acceptors (Lipinski definition) is 7. The predicted octanol–water partition coefficient (Wildman–Crippen LogP) is 1.28. The van der Waals surface area contributed by atoms with Gasteiger partial charge in [0.2, 0.25) is 0 Å². The summed E-state index contributed by atoms with van der Waals surface area (Å²) in [4.78, 5) is 15.2. The molecule has 0 aliphatic heterocycles. The Labute approximate surface area is 125 Å². The van der Waals surface area contributed by atoms with Crippen LogP contribution in [-0.2, 0) is 4.74 Å². The average Bonchev–Trinajstić information content (AvgIpc) is 2.84. The van der Waals surface area contributed by atoms with Gasteiger partial charge in [-0.2, -0.15) is 10.4 Å². The van der Waals surface area contributed by atoms with Crippen LogP contribution in [0, 0.1) is 11.3 Å². The first-order valence-electron chi connectivity index (χ1n) is 6.34. The molecule has 0 aliphatic rings. The number of ether oxygens (including phenoxy) is 1. The number of nitrogens with two attached hydrogens (primary N) is 1. The number of amides is 1. The van der Waals surface area contributed by atoms with E-state index in [1.807, 2.05) is 6.07 Å². The zero-order valence-electron chi connectivity index (χ0n) is 11.6. The van der Waals surface area contributed by atoms with E-state index in [1.54, 1.807) is 18.1 Å². The maximum absolute atomic E-state index is 12.6. The van der Waals surface area contributed by atoms with Gasteiger partial charge in [-0.3, -0.25) is 4.79 Å². The second-order valence-corrected chi connectivity index (χ2v) is 5.29. The Morgan fingerprint density at radius 3 is 3.05 bits per heavy atom. The summed E-state index contributed by atoms with van der Waals surface area (Å²) in [6, 6.07) is 3.77. The van der Waals surface area contributed by atoms with Crippen LogP contribution in [0.25, 0.3) is 10.2 Å². The van der Waals surface area contributed by atoms with Gasteiger partial charge in [-0.15, -0.1) is 16.4 Å². The lowest BCUT2D eigenvalue weighted by molar-refractivity contribution is 0.0705. The Kier molecular flexibility index (Phi) is 5.03. The topological polar surface area (TPSA) is 105 Å². The molecule has 2 heterocycles. The van der Waals surface area contributed by atoms with Gasteiger partial charge in [0.1, 0.15) is 9.71 Å². The van der Waals surface area contributed by atoms with Crippen molar-refractivity contribution in [1.29, 1.82) is 5.26 Å². The van der Waals surface area contributed by atoms with Crippen LogP contribution in [0.15, 0.2) is 12.3 Å². The van der Waals surface area contributed by atoms with Gasteiger partial charge in [-0.1, -0.05) is 0 Å². The van der Waals surface area contributed by atoms with Gasteiger partial charge >= 0.3 is 0 Å². The molecule has 7 nitrogen and oxygen atoms in total. The van der Waals surface area contributed by atoms with Gasteiger partial charge in [0.05, 0.1) is 31.0 Å². The second-order valence-electron chi connectivity index (χ2n) is 4.29. The molecule has 0 fully saturated rings. The molecule has 2 aromatic rings. The van der Waals surface area contributed by atoms with Crippen LogP contribution in [0.2, 0.25) is 0 Å². The van der Waals surface area contributed by atoms with Crippen LogP contribution in [0.3, 0.4) is 0 Å². The smallest absolute Gasteiger partial charge is 0.266 e. The zero-order valence-corrected chi connectivity index (χ0v) is 12.4. The quantitative estimate of drug-likeness (QED) is 0.861. The lowest BCUT2D eigenvalue weighted by Crippen LogP contribution is -2.34. The molecular formula is C13H15N5O2S. The van der Waals surface area contributed by atoms with Gasteiger partial charge in [-0.05, 0) is 6.07 Å². The second kappa shape index (κ2) is 6.97. The van der Waals surface area contributed by atoms with E-state index in [2.05, 4.69) is 10.2 Å². The minimum absolute atomic E-state index is 0.206. The lowest BCUT2D eigenvalue weighted by atomic mass is 10.2. The number of carbonyl (C=O) groups is 1. The standard InChI is InChI=1S/C13H15N5O2S/c1-20-8-7-18(6-2-4-14)13(19)11-10(15)9-3-5-16-17-12(9)21-11/h3,5H,2,6-8,15H2,1H3.